The van der Waals surface area contributed by atoms with Crippen molar-refractivity contribution in [1.82, 2.24) is 14.3 Å². The van der Waals surface area contributed by atoms with Gasteiger partial charge in [0.1, 0.15) is 23.2 Å². The molecule has 30 heavy (non-hydrogen) atoms. The van der Waals surface area contributed by atoms with E-state index in [0.29, 0.717) is 28.8 Å². The molecule has 152 valence electrons. The SMILES string of the molecule is Cc1ccc(OCc2nc(CC(=O)Nc3nc(-c4ccc(F)cc4)ns3)cs2)cc1. The number of thiazole rings is 1. The summed E-state index contributed by atoms with van der Waals surface area (Å²) in [4.78, 5) is 21.0. The molecular weight excluding hydrogens is 423 g/mol. The minimum absolute atomic E-state index is 0.131. The summed E-state index contributed by atoms with van der Waals surface area (Å²) in [5.74, 6) is 0.672. The molecule has 0 bridgehead atoms. The predicted molar refractivity (Wildman–Crippen MR) is 115 cm³/mol. The molecule has 6 nitrogen and oxygen atoms in total. The molecule has 0 aliphatic heterocycles. The van der Waals surface area contributed by atoms with Gasteiger partial charge in [-0.1, -0.05) is 17.7 Å². The van der Waals surface area contributed by atoms with Gasteiger partial charge in [-0.05, 0) is 43.3 Å². The molecule has 2 aromatic carbocycles. The van der Waals surface area contributed by atoms with Crippen molar-refractivity contribution in [1.29, 1.82) is 0 Å². The Balaban J connectivity index is 1.30. The maximum atomic E-state index is 13.0. The minimum atomic E-state index is -0.325. The van der Waals surface area contributed by atoms with Gasteiger partial charge in [0, 0.05) is 22.5 Å². The fourth-order valence-electron chi connectivity index (χ4n) is 2.59. The van der Waals surface area contributed by atoms with Gasteiger partial charge in [-0.2, -0.15) is 9.36 Å². The fourth-order valence-corrected chi connectivity index (χ4v) is 3.91. The van der Waals surface area contributed by atoms with Gasteiger partial charge in [-0.3, -0.25) is 4.79 Å². The average Bonchev–Trinajstić information content (AvgIpc) is 3.38. The highest BCUT2D eigenvalue weighted by Gasteiger charge is 2.12. The summed E-state index contributed by atoms with van der Waals surface area (Å²) in [6.45, 7) is 2.38. The largest absolute Gasteiger partial charge is 0.486 e. The van der Waals surface area contributed by atoms with Gasteiger partial charge >= 0.3 is 0 Å². The lowest BCUT2D eigenvalue weighted by molar-refractivity contribution is -0.115. The van der Waals surface area contributed by atoms with Crippen LogP contribution >= 0.6 is 22.9 Å². The van der Waals surface area contributed by atoms with E-state index in [1.54, 1.807) is 12.1 Å². The number of aryl methyl sites for hydroxylation is 1. The second-order valence-corrected chi connectivity index (χ2v) is 8.18. The van der Waals surface area contributed by atoms with E-state index >= 15 is 0 Å². The lowest BCUT2D eigenvalue weighted by Gasteiger charge is -2.03. The first-order valence-electron chi connectivity index (χ1n) is 9.07. The van der Waals surface area contributed by atoms with Crippen LogP contribution in [0.4, 0.5) is 9.52 Å². The zero-order chi connectivity index (χ0) is 20.9. The Labute approximate surface area is 180 Å². The van der Waals surface area contributed by atoms with E-state index in [-0.39, 0.29) is 18.1 Å². The number of benzene rings is 2. The first-order chi connectivity index (χ1) is 14.5. The molecule has 0 radical (unpaired) electrons. The quantitative estimate of drug-likeness (QED) is 0.444. The van der Waals surface area contributed by atoms with Crippen molar-refractivity contribution in [3.8, 4) is 17.1 Å². The number of hydrogen-bond acceptors (Lipinski definition) is 7. The second kappa shape index (κ2) is 9.10. The number of hydrogen-bond donors (Lipinski definition) is 1. The Morgan fingerprint density at radius 1 is 1.10 bits per heavy atom. The number of rotatable bonds is 7. The predicted octanol–water partition coefficient (Wildman–Crippen LogP) is 4.87. The summed E-state index contributed by atoms with van der Waals surface area (Å²) in [6.07, 6.45) is 0.131. The van der Waals surface area contributed by atoms with Crippen LogP contribution in [0.15, 0.2) is 53.9 Å². The molecule has 0 spiro atoms. The first-order valence-corrected chi connectivity index (χ1v) is 10.7. The number of halogens is 1. The molecule has 0 saturated carbocycles. The van der Waals surface area contributed by atoms with E-state index in [9.17, 15) is 9.18 Å². The van der Waals surface area contributed by atoms with Crippen molar-refractivity contribution in [2.24, 2.45) is 0 Å². The number of aromatic nitrogens is 3. The lowest BCUT2D eigenvalue weighted by Crippen LogP contribution is -2.14. The van der Waals surface area contributed by atoms with E-state index in [4.69, 9.17) is 4.74 Å². The van der Waals surface area contributed by atoms with Crippen molar-refractivity contribution < 1.29 is 13.9 Å². The highest BCUT2D eigenvalue weighted by molar-refractivity contribution is 7.10. The van der Waals surface area contributed by atoms with Crippen LogP contribution in [-0.4, -0.2) is 20.2 Å². The summed E-state index contributed by atoms with van der Waals surface area (Å²) >= 11 is 2.53. The van der Waals surface area contributed by atoms with Crippen LogP contribution in [0, 0.1) is 12.7 Å². The molecule has 4 rings (SSSR count). The standard InChI is InChI=1S/C21H17FN4O2S2/c1-13-2-8-17(9-3-13)28-11-19-23-16(12-29-19)10-18(27)24-21-25-20(26-30-21)14-4-6-15(22)7-5-14/h2-9,12H,10-11H2,1H3,(H,24,25,26,27). The maximum Gasteiger partial charge on any atom is 0.232 e. The smallest absolute Gasteiger partial charge is 0.232 e. The molecule has 0 aliphatic carbocycles. The van der Waals surface area contributed by atoms with E-state index in [1.807, 2.05) is 36.6 Å². The van der Waals surface area contributed by atoms with Crippen LogP contribution in [0.3, 0.4) is 0 Å². The van der Waals surface area contributed by atoms with Gasteiger partial charge < -0.3 is 10.1 Å². The third kappa shape index (κ3) is 5.25. The van der Waals surface area contributed by atoms with Crippen molar-refractivity contribution in [2.75, 3.05) is 5.32 Å². The Bertz CT molecular complexity index is 1140. The number of nitrogens with zero attached hydrogens (tertiary/aromatic N) is 3. The Hall–Kier alpha value is -3.17. The molecule has 2 aromatic heterocycles. The van der Waals surface area contributed by atoms with Crippen molar-refractivity contribution in [3.05, 3.63) is 76.0 Å². The molecule has 0 unspecified atom stereocenters. The number of amides is 1. The van der Waals surface area contributed by atoms with Gasteiger partial charge in [-0.25, -0.2) is 9.37 Å². The van der Waals surface area contributed by atoms with Crippen LogP contribution in [0.1, 0.15) is 16.3 Å². The molecule has 4 aromatic rings. The number of ether oxygens (including phenoxy) is 1. The van der Waals surface area contributed by atoms with Crippen LogP contribution in [0.5, 0.6) is 5.75 Å². The highest BCUT2D eigenvalue weighted by Crippen LogP contribution is 2.22. The van der Waals surface area contributed by atoms with Crippen LogP contribution in [0.2, 0.25) is 0 Å². The Kier molecular flexibility index (Phi) is 6.10. The lowest BCUT2D eigenvalue weighted by atomic mass is 10.2. The Morgan fingerprint density at radius 3 is 2.63 bits per heavy atom. The Morgan fingerprint density at radius 2 is 1.87 bits per heavy atom. The molecule has 0 saturated heterocycles. The van der Waals surface area contributed by atoms with Crippen molar-refractivity contribution in [3.63, 3.8) is 0 Å². The van der Waals surface area contributed by atoms with E-state index in [0.717, 1.165) is 22.3 Å². The summed E-state index contributed by atoms with van der Waals surface area (Å²) < 4.78 is 23.0. The molecule has 1 N–H and O–H groups in total. The van der Waals surface area contributed by atoms with E-state index in [1.165, 1.54) is 29.0 Å². The zero-order valence-corrected chi connectivity index (χ0v) is 17.6. The summed E-state index contributed by atoms with van der Waals surface area (Å²) in [7, 11) is 0. The summed E-state index contributed by atoms with van der Waals surface area (Å²) in [5, 5.41) is 5.76. The second-order valence-electron chi connectivity index (χ2n) is 6.49. The first kappa shape index (κ1) is 20.1. The monoisotopic (exact) mass is 440 g/mol. The topological polar surface area (TPSA) is 77.0 Å². The summed E-state index contributed by atoms with van der Waals surface area (Å²) in [5.41, 5.74) is 2.53. The molecule has 0 fully saturated rings. The normalized spacial score (nSPS) is 10.7. The van der Waals surface area contributed by atoms with Gasteiger partial charge in [0.05, 0.1) is 12.1 Å². The summed E-state index contributed by atoms with van der Waals surface area (Å²) in [6, 6.07) is 13.7. The molecule has 1 amide bonds. The molecule has 9 heteroatoms. The molecule has 0 aliphatic rings. The third-order valence-electron chi connectivity index (χ3n) is 4.10. The van der Waals surface area contributed by atoms with Gasteiger partial charge in [0.15, 0.2) is 5.82 Å². The van der Waals surface area contributed by atoms with Gasteiger partial charge in [0.25, 0.3) is 0 Å². The number of carbonyl (C=O) groups excluding carboxylic acids is 1. The van der Waals surface area contributed by atoms with Crippen LogP contribution in [0.25, 0.3) is 11.4 Å². The van der Waals surface area contributed by atoms with Gasteiger partial charge in [-0.15, -0.1) is 11.3 Å². The number of anilines is 1. The van der Waals surface area contributed by atoms with Crippen LogP contribution in [-0.2, 0) is 17.8 Å². The van der Waals surface area contributed by atoms with Crippen LogP contribution < -0.4 is 10.1 Å². The van der Waals surface area contributed by atoms with Crippen molar-refractivity contribution in [2.45, 2.75) is 20.0 Å². The van der Waals surface area contributed by atoms with Gasteiger partial charge in [0.2, 0.25) is 11.0 Å². The highest BCUT2D eigenvalue weighted by atomic mass is 32.1. The minimum Gasteiger partial charge on any atom is -0.486 e. The van der Waals surface area contributed by atoms with Crippen molar-refractivity contribution >= 4 is 33.9 Å². The molecule has 2 heterocycles. The van der Waals surface area contributed by atoms with E-state index in [2.05, 4.69) is 19.7 Å². The average molecular weight is 441 g/mol. The number of nitrogens with one attached hydrogen (secondary N) is 1. The zero-order valence-electron chi connectivity index (χ0n) is 16.0. The number of carbonyl (C=O) groups is 1. The fraction of sp³-hybridized carbons (Fsp3) is 0.143. The van der Waals surface area contributed by atoms with E-state index < -0.39 is 0 Å². The molecule has 0 atom stereocenters. The molecular formula is C21H17FN4O2S2. The maximum absolute atomic E-state index is 13.0. The third-order valence-corrected chi connectivity index (χ3v) is 5.60.